The van der Waals surface area contributed by atoms with Crippen LogP contribution < -0.4 is 10.1 Å². The molecule has 0 aliphatic carbocycles. The number of aryl methyl sites for hydroxylation is 2. The predicted molar refractivity (Wildman–Crippen MR) is 117 cm³/mol. The summed E-state index contributed by atoms with van der Waals surface area (Å²) in [6.45, 7) is 7.14. The fourth-order valence-corrected chi connectivity index (χ4v) is 3.48. The number of hydrogen-bond acceptors (Lipinski definition) is 6. The zero-order valence-electron chi connectivity index (χ0n) is 17.8. The molecule has 0 spiro atoms. The van der Waals surface area contributed by atoms with Gasteiger partial charge in [-0.3, -0.25) is 0 Å². The summed E-state index contributed by atoms with van der Waals surface area (Å²) in [5, 5.41) is 6.56. The highest BCUT2D eigenvalue weighted by molar-refractivity contribution is 5.89. The molecule has 1 aromatic carbocycles. The number of nitrogens with zero attached hydrogens (tertiary/aromatic N) is 4. The lowest BCUT2D eigenvalue weighted by Crippen LogP contribution is -2.42. The van der Waals surface area contributed by atoms with Gasteiger partial charge in [-0.05, 0) is 49.4 Å². The van der Waals surface area contributed by atoms with Crippen molar-refractivity contribution in [3.63, 3.8) is 0 Å². The summed E-state index contributed by atoms with van der Waals surface area (Å²) < 4.78 is 10.8. The normalized spacial score (nSPS) is 17.6. The van der Waals surface area contributed by atoms with Gasteiger partial charge in [0.25, 0.3) is 0 Å². The summed E-state index contributed by atoms with van der Waals surface area (Å²) >= 11 is 0. The number of carbonyl (C=O) groups excluding carboxylic acids is 1. The highest BCUT2D eigenvalue weighted by Crippen LogP contribution is 2.27. The number of nitrogens with one attached hydrogen (secondary N) is 1. The second-order valence-electron chi connectivity index (χ2n) is 7.76. The first kappa shape index (κ1) is 20.6. The molecule has 4 rings (SSSR count). The van der Waals surface area contributed by atoms with E-state index in [1.165, 1.54) is 11.8 Å². The van der Waals surface area contributed by atoms with Gasteiger partial charge in [-0.2, -0.15) is 0 Å². The number of anilines is 1. The summed E-state index contributed by atoms with van der Waals surface area (Å²) in [4.78, 5) is 22.8. The van der Waals surface area contributed by atoms with Gasteiger partial charge in [-0.15, -0.1) is 0 Å². The van der Waals surface area contributed by atoms with E-state index < -0.39 is 0 Å². The zero-order chi connectivity index (χ0) is 21.8. The van der Waals surface area contributed by atoms with Gasteiger partial charge in [0.1, 0.15) is 11.4 Å². The Morgan fingerprint density at radius 1 is 1.26 bits per heavy atom. The Hall–Kier alpha value is -3.68. The number of hydrogen-bond donors (Lipinski definition) is 1. The van der Waals surface area contributed by atoms with Crippen LogP contribution in [-0.2, 0) is 0 Å². The maximum absolute atomic E-state index is 12.6. The van der Waals surface area contributed by atoms with E-state index in [2.05, 4.69) is 33.4 Å². The molecule has 8 nitrogen and oxygen atoms in total. The van der Waals surface area contributed by atoms with Crippen molar-refractivity contribution in [1.82, 2.24) is 20.0 Å². The zero-order valence-corrected chi connectivity index (χ0v) is 17.8. The minimum atomic E-state index is -0.134. The highest BCUT2D eigenvalue weighted by Gasteiger charge is 2.25. The summed E-state index contributed by atoms with van der Waals surface area (Å²) in [6.07, 6.45) is 7.95. The standard InChI is InChI=1S/C23H25N5O3/c1-15-11-24-22(25-12-15)30-20-6-4-5-18(10-20)9-19-7-8-28(14-16(19)2)23(29)27-21-13-26-31-17(21)3/h4-6,9-13,16H,7-8,14H2,1-3H3,(H,27,29)/b19-9+. The monoisotopic (exact) mass is 419 g/mol. The Kier molecular flexibility index (Phi) is 5.97. The number of amides is 2. The molecule has 1 saturated heterocycles. The average Bonchev–Trinajstić information content (AvgIpc) is 3.16. The second-order valence-corrected chi connectivity index (χ2v) is 7.76. The average molecular weight is 419 g/mol. The van der Waals surface area contributed by atoms with Crippen molar-refractivity contribution >= 4 is 17.8 Å². The van der Waals surface area contributed by atoms with E-state index >= 15 is 0 Å². The Morgan fingerprint density at radius 2 is 2.06 bits per heavy atom. The smallest absolute Gasteiger partial charge is 0.322 e. The SMILES string of the molecule is Cc1cnc(Oc2cccc(/C=C3\CCN(C(=O)Nc4cnoc4C)CC3C)c2)nc1. The molecule has 1 fully saturated rings. The molecule has 1 N–H and O–H groups in total. The van der Waals surface area contributed by atoms with Crippen molar-refractivity contribution in [3.8, 4) is 11.8 Å². The van der Waals surface area contributed by atoms with Gasteiger partial charge < -0.3 is 19.5 Å². The van der Waals surface area contributed by atoms with Gasteiger partial charge in [0.05, 0.1) is 6.20 Å². The molecule has 160 valence electrons. The lowest BCUT2D eigenvalue weighted by molar-refractivity contribution is 0.197. The number of aromatic nitrogens is 3. The number of piperidine rings is 1. The van der Waals surface area contributed by atoms with Gasteiger partial charge in [-0.25, -0.2) is 14.8 Å². The Balaban J connectivity index is 1.40. The fraction of sp³-hybridized carbons (Fsp3) is 0.304. The largest absolute Gasteiger partial charge is 0.424 e. The second kappa shape index (κ2) is 8.99. The maximum Gasteiger partial charge on any atom is 0.322 e. The molecule has 1 aliphatic rings. The van der Waals surface area contributed by atoms with Gasteiger partial charge in [0.15, 0.2) is 5.76 Å². The molecule has 1 aliphatic heterocycles. The fourth-order valence-electron chi connectivity index (χ4n) is 3.48. The van der Waals surface area contributed by atoms with Gasteiger partial charge in [-0.1, -0.05) is 35.9 Å². The van der Waals surface area contributed by atoms with E-state index in [-0.39, 0.29) is 11.9 Å². The number of likely N-dealkylation sites (tertiary alicyclic amines) is 1. The third-order valence-corrected chi connectivity index (χ3v) is 5.25. The summed E-state index contributed by atoms with van der Waals surface area (Å²) in [5.41, 5.74) is 3.93. The summed E-state index contributed by atoms with van der Waals surface area (Å²) in [5.74, 6) is 1.52. The first-order chi connectivity index (χ1) is 15.0. The molecule has 2 amide bonds. The number of urea groups is 1. The van der Waals surface area contributed by atoms with Crippen LogP contribution in [-0.4, -0.2) is 39.1 Å². The Morgan fingerprint density at radius 3 is 2.77 bits per heavy atom. The minimum Gasteiger partial charge on any atom is -0.424 e. The van der Waals surface area contributed by atoms with E-state index in [0.717, 1.165) is 17.5 Å². The van der Waals surface area contributed by atoms with Crippen LogP contribution in [0.5, 0.6) is 11.8 Å². The van der Waals surface area contributed by atoms with E-state index in [1.54, 1.807) is 19.3 Å². The van der Waals surface area contributed by atoms with Crippen LogP contribution in [0.15, 0.2) is 53.0 Å². The molecule has 0 radical (unpaired) electrons. The molecule has 8 heteroatoms. The number of benzene rings is 1. The van der Waals surface area contributed by atoms with Gasteiger partial charge >= 0.3 is 12.0 Å². The maximum atomic E-state index is 12.6. The van der Waals surface area contributed by atoms with Crippen molar-refractivity contribution in [3.05, 3.63) is 65.3 Å². The predicted octanol–water partition coefficient (Wildman–Crippen LogP) is 4.83. The van der Waals surface area contributed by atoms with Crippen LogP contribution >= 0.6 is 0 Å². The van der Waals surface area contributed by atoms with Crippen molar-refractivity contribution < 1.29 is 14.1 Å². The molecule has 2 aromatic heterocycles. The topological polar surface area (TPSA) is 93.4 Å². The molecule has 0 saturated carbocycles. The van der Waals surface area contributed by atoms with Crippen molar-refractivity contribution in [2.75, 3.05) is 18.4 Å². The highest BCUT2D eigenvalue weighted by atomic mass is 16.5. The van der Waals surface area contributed by atoms with Crippen molar-refractivity contribution in [2.45, 2.75) is 27.2 Å². The van der Waals surface area contributed by atoms with E-state index in [9.17, 15) is 4.79 Å². The van der Waals surface area contributed by atoms with Crippen LogP contribution in [0.3, 0.4) is 0 Å². The molecule has 1 unspecified atom stereocenters. The molecule has 1 atom stereocenters. The molecule has 31 heavy (non-hydrogen) atoms. The summed E-state index contributed by atoms with van der Waals surface area (Å²) in [7, 11) is 0. The lowest BCUT2D eigenvalue weighted by Gasteiger charge is -2.33. The quantitative estimate of drug-likeness (QED) is 0.651. The van der Waals surface area contributed by atoms with Gasteiger partial charge in [0, 0.05) is 25.5 Å². The number of ether oxygens (including phenoxy) is 1. The Labute approximate surface area is 180 Å². The molecular formula is C23H25N5O3. The first-order valence-corrected chi connectivity index (χ1v) is 10.2. The van der Waals surface area contributed by atoms with Crippen LogP contribution in [0.4, 0.5) is 10.5 Å². The van der Waals surface area contributed by atoms with Crippen LogP contribution in [0, 0.1) is 19.8 Å². The van der Waals surface area contributed by atoms with Crippen LogP contribution in [0.1, 0.15) is 30.2 Å². The summed E-state index contributed by atoms with van der Waals surface area (Å²) in [6, 6.07) is 8.03. The van der Waals surface area contributed by atoms with E-state index in [0.29, 0.717) is 36.3 Å². The number of carbonyl (C=O) groups is 1. The van der Waals surface area contributed by atoms with E-state index in [4.69, 9.17) is 9.26 Å². The molecule has 0 bridgehead atoms. The van der Waals surface area contributed by atoms with Crippen molar-refractivity contribution in [1.29, 1.82) is 0 Å². The van der Waals surface area contributed by atoms with Crippen LogP contribution in [0.2, 0.25) is 0 Å². The van der Waals surface area contributed by atoms with E-state index in [1.807, 2.05) is 36.1 Å². The Bertz CT molecular complexity index is 1090. The van der Waals surface area contributed by atoms with Crippen LogP contribution in [0.25, 0.3) is 6.08 Å². The molecular weight excluding hydrogens is 394 g/mol. The first-order valence-electron chi connectivity index (χ1n) is 10.2. The van der Waals surface area contributed by atoms with Crippen molar-refractivity contribution in [2.24, 2.45) is 5.92 Å². The minimum absolute atomic E-state index is 0.134. The molecule has 3 aromatic rings. The third kappa shape index (κ3) is 5.09. The molecule has 3 heterocycles. The third-order valence-electron chi connectivity index (χ3n) is 5.25. The number of rotatable bonds is 4. The van der Waals surface area contributed by atoms with Gasteiger partial charge in [0.2, 0.25) is 0 Å². The lowest BCUT2D eigenvalue weighted by atomic mass is 9.91.